The van der Waals surface area contributed by atoms with Gasteiger partial charge in [-0.2, -0.15) is 0 Å². The van der Waals surface area contributed by atoms with E-state index in [9.17, 15) is 9.90 Å². The molecular formula is C15H19N3O3. The monoisotopic (exact) mass is 289 g/mol. The summed E-state index contributed by atoms with van der Waals surface area (Å²) in [6.45, 7) is 5.89. The van der Waals surface area contributed by atoms with Crippen LogP contribution in [0.5, 0.6) is 0 Å². The fourth-order valence-corrected chi connectivity index (χ4v) is 1.98. The molecule has 0 aliphatic carbocycles. The molecule has 6 nitrogen and oxygen atoms in total. The Morgan fingerprint density at radius 1 is 1.48 bits per heavy atom. The number of carbonyl (C=O) groups is 1. The van der Waals surface area contributed by atoms with Crippen molar-refractivity contribution in [2.45, 2.75) is 26.4 Å². The van der Waals surface area contributed by atoms with Crippen molar-refractivity contribution in [1.82, 2.24) is 15.0 Å². The second-order valence-electron chi connectivity index (χ2n) is 5.45. The van der Waals surface area contributed by atoms with Crippen molar-refractivity contribution >= 4 is 5.91 Å². The maximum atomic E-state index is 12.4. The maximum Gasteiger partial charge on any atom is 0.276 e. The highest BCUT2D eigenvalue weighted by atomic mass is 16.5. The summed E-state index contributed by atoms with van der Waals surface area (Å²) in [5.41, 5.74) is 0.0243. The van der Waals surface area contributed by atoms with Crippen molar-refractivity contribution in [3.05, 3.63) is 36.3 Å². The Morgan fingerprint density at radius 2 is 2.24 bits per heavy atom. The number of pyridine rings is 1. The lowest BCUT2D eigenvalue weighted by atomic mass is 10.1. The molecule has 0 bridgehead atoms. The van der Waals surface area contributed by atoms with Crippen LogP contribution in [0, 0.1) is 0 Å². The molecule has 0 saturated heterocycles. The molecule has 0 aromatic carbocycles. The van der Waals surface area contributed by atoms with Gasteiger partial charge in [0.2, 0.25) is 0 Å². The summed E-state index contributed by atoms with van der Waals surface area (Å²) in [7, 11) is 0. The van der Waals surface area contributed by atoms with E-state index in [1.54, 1.807) is 38.4 Å². The number of nitrogens with zero attached hydrogens (tertiary/aromatic N) is 3. The Hall–Kier alpha value is -2.21. The van der Waals surface area contributed by atoms with Gasteiger partial charge >= 0.3 is 0 Å². The van der Waals surface area contributed by atoms with Gasteiger partial charge in [0, 0.05) is 37.1 Å². The standard InChI is InChI=1S/C15H19N3O3/c1-4-18(10-15(2,3)20)14(19)12-8-13(21-17-12)11-6-5-7-16-9-11/h5-9,20H,4,10H2,1-3H3. The first-order valence-corrected chi connectivity index (χ1v) is 6.79. The van der Waals surface area contributed by atoms with Crippen molar-refractivity contribution < 1.29 is 14.4 Å². The number of hydrogen-bond acceptors (Lipinski definition) is 5. The third-order valence-corrected chi connectivity index (χ3v) is 2.92. The Kier molecular flexibility index (Phi) is 4.37. The lowest BCUT2D eigenvalue weighted by molar-refractivity contribution is 0.0309. The first kappa shape index (κ1) is 15.2. The van der Waals surface area contributed by atoms with Crippen molar-refractivity contribution in [1.29, 1.82) is 0 Å². The molecular weight excluding hydrogens is 270 g/mol. The SMILES string of the molecule is CCN(CC(C)(C)O)C(=O)c1cc(-c2cccnc2)on1. The van der Waals surface area contributed by atoms with Gasteiger partial charge in [0.1, 0.15) is 0 Å². The van der Waals surface area contributed by atoms with E-state index in [1.807, 2.05) is 13.0 Å². The Morgan fingerprint density at radius 3 is 2.81 bits per heavy atom. The molecule has 0 unspecified atom stereocenters. The van der Waals surface area contributed by atoms with E-state index in [-0.39, 0.29) is 18.1 Å². The highest BCUT2D eigenvalue weighted by molar-refractivity contribution is 5.93. The van der Waals surface area contributed by atoms with Crippen LogP contribution >= 0.6 is 0 Å². The summed E-state index contributed by atoms with van der Waals surface area (Å²) in [5, 5.41) is 13.7. The Bertz CT molecular complexity index is 602. The third kappa shape index (κ3) is 3.88. The van der Waals surface area contributed by atoms with E-state index in [4.69, 9.17) is 4.52 Å². The molecule has 0 aliphatic rings. The topological polar surface area (TPSA) is 79.5 Å². The molecule has 2 rings (SSSR count). The predicted octanol–water partition coefficient (Wildman–Crippen LogP) is 1.97. The van der Waals surface area contributed by atoms with Gasteiger partial charge in [-0.15, -0.1) is 0 Å². The number of hydrogen-bond donors (Lipinski definition) is 1. The minimum absolute atomic E-state index is 0.222. The average Bonchev–Trinajstić information content (AvgIpc) is 2.94. The van der Waals surface area contributed by atoms with Crippen LogP contribution in [0.25, 0.3) is 11.3 Å². The van der Waals surface area contributed by atoms with Crippen molar-refractivity contribution in [3.63, 3.8) is 0 Å². The molecule has 0 radical (unpaired) electrons. The van der Waals surface area contributed by atoms with Crippen molar-refractivity contribution in [2.75, 3.05) is 13.1 Å². The van der Waals surface area contributed by atoms with E-state index >= 15 is 0 Å². The smallest absolute Gasteiger partial charge is 0.276 e. The second-order valence-corrected chi connectivity index (χ2v) is 5.45. The average molecular weight is 289 g/mol. The Balaban J connectivity index is 2.18. The van der Waals surface area contributed by atoms with Gasteiger partial charge < -0.3 is 14.5 Å². The first-order chi connectivity index (χ1) is 9.90. The number of rotatable bonds is 5. The first-order valence-electron chi connectivity index (χ1n) is 6.79. The third-order valence-electron chi connectivity index (χ3n) is 2.92. The normalized spacial score (nSPS) is 11.4. The van der Waals surface area contributed by atoms with E-state index in [2.05, 4.69) is 10.1 Å². The lowest BCUT2D eigenvalue weighted by Crippen LogP contribution is -2.42. The fraction of sp³-hybridized carbons (Fsp3) is 0.400. The maximum absolute atomic E-state index is 12.4. The van der Waals surface area contributed by atoms with Gasteiger partial charge in [-0.05, 0) is 32.9 Å². The van der Waals surface area contributed by atoms with Crippen LogP contribution in [-0.2, 0) is 0 Å². The number of likely N-dealkylation sites (N-methyl/N-ethyl adjacent to an activating group) is 1. The van der Waals surface area contributed by atoms with E-state index in [0.717, 1.165) is 5.56 Å². The zero-order valence-corrected chi connectivity index (χ0v) is 12.4. The van der Waals surface area contributed by atoms with E-state index in [0.29, 0.717) is 12.3 Å². The second kappa shape index (κ2) is 6.05. The van der Waals surface area contributed by atoms with Gasteiger partial charge in [0.05, 0.1) is 5.60 Å². The molecule has 1 N–H and O–H groups in total. The Labute approximate surface area is 123 Å². The summed E-state index contributed by atoms with van der Waals surface area (Å²) in [6.07, 6.45) is 3.30. The summed E-state index contributed by atoms with van der Waals surface area (Å²) in [4.78, 5) is 17.9. The minimum Gasteiger partial charge on any atom is -0.389 e. The predicted molar refractivity (Wildman–Crippen MR) is 77.6 cm³/mol. The van der Waals surface area contributed by atoms with Gasteiger partial charge in [0.15, 0.2) is 11.5 Å². The minimum atomic E-state index is -0.957. The largest absolute Gasteiger partial charge is 0.389 e. The molecule has 112 valence electrons. The molecule has 0 fully saturated rings. The van der Waals surface area contributed by atoms with Crippen molar-refractivity contribution in [2.24, 2.45) is 0 Å². The van der Waals surface area contributed by atoms with Crippen LogP contribution in [0.15, 0.2) is 35.1 Å². The number of aliphatic hydroxyl groups is 1. The quantitative estimate of drug-likeness (QED) is 0.910. The fourth-order valence-electron chi connectivity index (χ4n) is 1.98. The highest BCUT2D eigenvalue weighted by Gasteiger charge is 2.24. The number of amides is 1. The van der Waals surface area contributed by atoms with Gasteiger partial charge in [-0.1, -0.05) is 5.16 Å². The van der Waals surface area contributed by atoms with Crippen LogP contribution < -0.4 is 0 Å². The van der Waals surface area contributed by atoms with Crippen LogP contribution in [-0.4, -0.2) is 44.7 Å². The molecule has 0 spiro atoms. The zero-order chi connectivity index (χ0) is 15.5. The molecule has 0 saturated carbocycles. The molecule has 2 heterocycles. The molecule has 6 heteroatoms. The summed E-state index contributed by atoms with van der Waals surface area (Å²) in [6, 6.07) is 5.20. The number of aromatic nitrogens is 2. The van der Waals surface area contributed by atoms with Gasteiger partial charge in [-0.25, -0.2) is 0 Å². The summed E-state index contributed by atoms with van der Waals surface area (Å²) < 4.78 is 5.20. The zero-order valence-electron chi connectivity index (χ0n) is 12.4. The molecule has 0 aliphatic heterocycles. The van der Waals surface area contributed by atoms with Crippen molar-refractivity contribution in [3.8, 4) is 11.3 Å². The molecule has 21 heavy (non-hydrogen) atoms. The van der Waals surface area contributed by atoms with E-state index in [1.165, 1.54) is 4.90 Å². The molecule has 2 aromatic heterocycles. The van der Waals surface area contributed by atoms with Crippen LogP contribution in [0.3, 0.4) is 0 Å². The highest BCUT2D eigenvalue weighted by Crippen LogP contribution is 2.20. The lowest BCUT2D eigenvalue weighted by Gasteiger charge is -2.27. The van der Waals surface area contributed by atoms with Gasteiger partial charge in [-0.3, -0.25) is 9.78 Å². The van der Waals surface area contributed by atoms with Crippen LogP contribution in [0.1, 0.15) is 31.3 Å². The number of carbonyl (C=O) groups excluding carboxylic acids is 1. The molecule has 1 amide bonds. The van der Waals surface area contributed by atoms with Crippen LogP contribution in [0.4, 0.5) is 0 Å². The summed E-state index contributed by atoms with van der Waals surface area (Å²) in [5.74, 6) is 0.226. The molecule has 2 aromatic rings. The van der Waals surface area contributed by atoms with Crippen LogP contribution in [0.2, 0.25) is 0 Å². The van der Waals surface area contributed by atoms with Gasteiger partial charge in [0.25, 0.3) is 5.91 Å². The molecule has 0 atom stereocenters. The van der Waals surface area contributed by atoms with E-state index < -0.39 is 5.60 Å². The summed E-state index contributed by atoms with van der Waals surface area (Å²) >= 11 is 0.